The molecule has 0 saturated heterocycles. The first-order valence-electron chi connectivity index (χ1n) is 10.3. The fourth-order valence-electron chi connectivity index (χ4n) is 3.24. The topological polar surface area (TPSA) is 71.0 Å². The van der Waals surface area contributed by atoms with E-state index < -0.39 is 0 Å². The van der Waals surface area contributed by atoms with Crippen molar-refractivity contribution in [3.8, 4) is 0 Å². The minimum Gasteiger partial charge on any atom is -0.466 e. The van der Waals surface area contributed by atoms with Crippen LogP contribution in [0.5, 0.6) is 0 Å². The Kier molecular flexibility index (Phi) is 7.89. The summed E-state index contributed by atoms with van der Waals surface area (Å²) in [5.41, 5.74) is 4.27. The number of nitrogens with one attached hydrogen (secondary N) is 1. The fraction of sp³-hybridized carbons (Fsp3) is 0.292. The van der Waals surface area contributed by atoms with Crippen molar-refractivity contribution >= 4 is 45.7 Å². The Morgan fingerprint density at radius 1 is 1.13 bits per heavy atom. The fourth-order valence-corrected chi connectivity index (χ4v) is 4.05. The molecule has 2 aromatic rings. The van der Waals surface area contributed by atoms with Gasteiger partial charge in [0.1, 0.15) is 0 Å². The van der Waals surface area contributed by atoms with Gasteiger partial charge in [-0.15, -0.1) is 0 Å². The largest absolute Gasteiger partial charge is 0.466 e. The van der Waals surface area contributed by atoms with Crippen LogP contribution in [0.3, 0.4) is 0 Å². The number of hydrogen-bond acceptors (Lipinski definition) is 6. The third-order valence-electron chi connectivity index (χ3n) is 4.64. The number of thioether (sulfide) groups is 1. The number of para-hydroxylation sites is 2. The van der Waals surface area contributed by atoms with Crippen LogP contribution in [0.25, 0.3) is 0 Å². The molecule has 162 valence electrons. The summed E-state index contributed by atoms with van der Waals surface area (Å²) in [6.07, 6.45) is 1.93. The van der Waals surface area contributed by atoms with Gasteiger partial charge >= 0.3 is 5.97 Å². The van der Waals surface area contributed by atoms with E-state index >= 15 is 0 Å². The number of benzene rings is 2. The molecule has 1 N–H and O–H groups in total. The van der Waals surface area contributed by atoms with Crippen molar-refractivity contribution in [1.82, 2.24) is 0 Å². The van der Waals surface area contributed by atoms with Crippen LogP contribution in [0.1, 0.15) is 25.8 Å². The lowest BCUT2D eigenvalue weighted by molar-refractivity contribution is -0.142. The molecule has 0 bridgehead atoms. The second kappa shape index (κ2) is 10.8. The van der Waals surface area contributed by atoms with Crippen LogP contribution >= 0.6 is 11.8 Å². The Morgan fingerprint density at radius 3 is 2.68 bits per heavy atom. The molecule has 6 nitrogen and oxygen atoms in total. The Bertz CT molecular complexity index is 1020. The number of aryl methyl sites for hydroxylation is 1. The molecule has 0 radical (unpaired) electrons. The molecular weight excluding hydrogens is 410 g/mol. The van der Waals surface area contributed by atoms with E-state index in [0.29, 0.717) is 23.9 Å². The van der Waals surface area contributed by atoms with Gasteiger partial charge in [0, 0.05) is 17.9 Å². The van der Waals surface area contributed by atoms with Crippen molar-refractivity contribution in [3.05, 3.63) is 65.9 Å². The number of carbonyl (C=O) groups excluding carboxylic acids is 2. The molecule has 1 aliphatic rings. The zero-order chi connectivity index (χ0) is 22.2. The zero-order valence-electron chi connectivity index (χ0n) is 18.1. The predicted octanol–water partition coefficient (Wildman–Crippen LogP) is 5.07. The van der Waals surface area contributed by atoms with Crippen LogP contribution in [-0.4, -0.2) is 35.8 Å². The highest BCUT2D eigenvalue weighted by atomic mass is 32.2. The molecule has 0 fully saturated rings. The summed E-state index contributed by atoms with van der Waals surface area (Å²) in [6, 6.07) is 15.5. The molecule has 0 aliphatic carbocycles. The van der Waals surface area contributed by atoms with E-state index in [-0.39, 0.29) is 24.1 Å². The van der Waals surface area contributed by atoms with Gasteiger partial charge in [0.15, 0.2) is 0 Å². The molecule has 0 aromatic heterocycles. The summed E-state index contributed by atoms with van der Waals surface area (Å²) >= 11 is 1.36. The van der Waals surface area contributed by atoms with Crippen molar-refractivity contribution in [2.45, 2.75) is 27.2 Å². The maximum absolute atomic E-state index is 12.9. The molecule has 1 heterocycles. The molecule has 1 aliphatic heterocycles. The maximum atomic E-state index is 12.9. The van der Waals surface area contributed by atoms with Gasteiger partial charge in [0.05, 0.1) is 35.2 Å². The Morgan fingerprint density at radius 2 is 1.94 bits per heavy atom. The average molecular weight is 438 g/mol. The van der Waals surface area contributed by atoms with Crippen LogP contribution in [0.2, 0.25) is 0 Å². The van der Waals surface area contributed by atoms with Crippen molar-refractivity contribution in [1.29, 1.82) is 0 Å². The number of rotatable bonds is 7. The molecule has 1 amide bonds. The van der Waals surface area contributed by atoms with E-state index in [4.69, 9.17) is 9.73 Å². The lowest BCUT2D eigenvalue weighted by atomic mass is 10.2. The number of anilines is 2. The van der Waals surface area contributed by atoms with E-state index in [2.05, 4.69) is 5.32 Å². The first-order chi connectivity index (χ1) is 15.0. The predicted molar refractivity (Wildman–Crippen MR) is 128 cm³/mol. The van der Waals surface area contributed by atoms with E-state index in [1.807, 2.05) is 68.5 Å². The summed E-state index contributed by atoms with van der Waals surface area (Å²) in [7, 11) is 0. The minimum atomic E-state index is -0.308. The second-order valence-corrected chi connectivity index (χ2v) is 8.00. The third kappa shape index (κ3) is 6.21. The molecule has 7 heteroatoms. The van der Waals surface area contributed by atoms with Crippen molar-refractivity contribution in [2.75, 3.05) is 29.1 Å². The van der Waals surface area contributed by atoms with Gasteiger partial charge in [-0.25, -0.2) is 4.99 Å². The number of carbonyl (C=O) groups is 2. The summed E-state index contributed by atoms with van der Waals surface area (Å²) in [5.74, 6) is -0.0595. The van der Waals surface area contributed by atoms with Gasteiger partial charge in [0.2, 0.25) is 5.91 Å². The lowest BCUT2D eigenvalue weighted by Crippen LogP contribution is -2.32. The number of fused-ring (bicyclic) bond motifs is 1. The van der Waals surface area contributed by atoms with Crippen LogP contribution in [0, 0.1) is 6.92 Å². The Hall–Kier alpha value is -3.06. The summed E-state index contributed by atoms with van der Waals surface area (Å²) in [4.78, 5) is 31.4. The van der Waals surface area contributed by atoms with Gasteiger partial charge in [-0.1, -0.05) is 36.0 Å². The summed E-state index contributed by atoms with van der Waals surface area (Å²) in [5, 5.41) is 3.94. The molecule has 2 aromatic carbocycles. The van der Waals surface area contributed by atoms with Crippen LogP contribution < -0.4 is 10.2 Å². The highest BCUT2D eigenvalue weighted by molar-refractivity contribution is 8.14. The van der Waals surface area contributed by atoms with Crippen molar-refractivity contribution < 1.29 is 14.3 Å². The smallest absolute Gasteiger partial charge is 0.311 e. The van der Waals surface area contributed by atoms with Crippen LogP contribution in [-0.2, 0) is 14.3 Å². The molecule has 31 heavy (non-hydrogen) atoms. The molecule has 0 saturated carbocycles. The van der Waals surface area contributed by atoms with Crippen LogP contribution in [0.15, 0.2) is 65.3 Å². The minimum absolute atomic E-state index is 0.00614. The first-order valence-corrected chi connectivity index (χ1v) is 11.3. The van der Waals surface area contributed by atoms with Crippen molar-refractivity contribution in [2.24, 2.45) is 4.99 Å². The molecule has 3 rings (SSSR count). The van der Waals surface area contributed by atoms with Crippen LogP contribution in [0.4, 0.5) is 17.1 Å². The standard InChI is InChI=1S/C24H27N3O3S/c1-4-27(19-10-8-9-17(3)13-19)23(28)16-31-22-14-18(15-24(29)30-5-2)25-20-11-6-7-12-21(20)26-22/h6-14,25H,4-5,15-16H2,1-3H3. The summed E-state index contributed by atoms with van der Waals surface area (Å²) in [6.45, 7) is 6.68. The van der Waals surface area contributed by atoms with E-state index in [0.717, 1.165) is 22.6 Å². The average Bonchev–Trinajstić information content (AvgIpc) is 2.91. The zero-order valence-corrected chi connectivity index (χ0v) is 18.9. The highest BCUT2D eigenvalue weighted by Crippen LogP contribution is 2.31. The maximum Gasteiger partial charge on any atom is 0.311 e. The van der Waals surface area contributed by atoms with Gasteiger partial charge in [-0.2, -0.15) is 0 Å². The monoisotopic (exact) mass is 437 g/mol. The van der Waals surface area contributed by atoms with E-state index in [1.165, 1.54) is 11.8 Å². The SMILES string of the molecule is CCOC(=O)CC1=CC(SCC(=O)N(CC)c2cccc(C)c2)=Nc2ccccc2N1. The summed E-state index contributed by atoms with van der Waals surface area (Å²) < 4.78 is 5.08. The van der Waals surface area contributed by atoms with Crippen molar-refractivity contribution in [3.63, 3.8) is 0 Å². The Balaban J connectivity index is 1.77. The number of esters is 1. The lowest BCUT2D eigenvalue weighted by Gasteiger charge is -2.21. The Labute approximate surface area is 187 Å². The third-order valence-corrected chi connectivity index (χ3v) is 5.54. The normalized spacial score (nSPS) is 12.6. The number of amides is 1. The van der Waals surface area contributed by atoms with Gasteiger partial charge < -0.3 is 15.0 Å². The molecular formula is C24H27N3O3S. The number of nitrogens with zero attached hydrogens (tertiary/aromatic N) is 2. The molecule has 0 spiro atoms. The second-order valence-electron chi connectivity index (χ2n) is 7.01. The van der Waals surface area contributed by atoms with E-state index in [1.54, 1.807) is 11.8 Å². The van der Waals surface area contributed by atoms with E-state index in [9.17, 15) is 9.59 Å². The van der Waals surface area contributed by atoms with Gasteiger partial charge in [0.25, 0.3) is 0 Å². The number of aliphatic imine (C=N–C) groups is 1. The molecule has 0 atom stereocenters. The molecule has 0 unspecified atom stereocenters. The quantitative estimate of drug-likeness (QED) is 0.612. The van der Waals surface area contributed by atoms with Gasteiger partial charge in [-0.3, -0.25) is 9.59 Å². The first kappa shape index (κ1) is 22.6. The number of ether oxygens (including phenoxy) is 1. The number of hydrogen-bond donors (Lipinski definition) is 1. The highest BCUT2D eigenvalue weighted by Gasteiger charge is 2.18. The van der Waals surface area contributed by atoms with Gasteiger partial charge in [-0.05, 0) is 56.7 Å².